The summed E-state index contributed by atoms with van der Waals surface area (Å²) in [6, 6.07) is 30.9. The molecule has 4 nitrogen and oxygen atoms in total. The maximum Gasteiger partial charge on any atom is 0.169 e. The van der Waals surface area contributed by atoms with Crippen LogP contribution in [0.2, 0.25) is 0 Å². The summed E-state index contributed by atoms with van der Waals surface area (Å²) in [7, 11) is 0. The summed E-state index contributed by atoms with van der Waals surface area (Å²) >= 11 is 0. The molecule has 1 unspecified atom stereocenters. The number of ether oxygens (including phenoxy) is 2. The summed E-state index contributed by atoms with van der Waals surface area (Å²) < 4.78 is 11.6. The van der Waals surface area contributed by atoms with E-state index >= 15 is 0 Å². The minimum absolute atomic E-state index is 0.0320. The molecule has 4 heteroatoms. The zero-order valence-corrected chi connectivity index (χ0v) is 28.5. The molecule has 1 spiro atoms. The summed E-state index contributed by atoms with van der Waals surface area (Å²) in [5.41, 5.74) is 11.0. The first-order chi connectivity index (χ1) is 23.2. The van der Waals surface area contributed by atoms with Gasteiger partial charge in [-0.05, 0) is 115 Å². The zero-order chi connectivity index (χ0) is 32.3. The molecule has 4 aromatic rings. The van der Waals surface area contributed by atoms with Crippen molar-refractivity contribution < 1.29 is 19.2 Å². The second-order valence-electron chi connectivity index (χ2n) is 13.4. The van der Waals surface area contributed by atoms with Crippen LogP contribution < -0.4 is 9.62 Å². The van der Waals surface area contributed by atoms with Gasteiger partial charge < -0.3 is 14.4 Å². The second-order valence-corrected chi connectivity index (χ2v) is 13.4. The first kappa shape index (κ1) is 33.3. The van der Waals surface area contributed by atoms with Gasteiger partial charge in [-0.15, -0.1) is 0 Å². The largest absolute Gasteiger partial charge is 0.494 e. The summed E-state index contributed by atoms with van der Waals surface area (Å²) in [6.45, 7) is 7.24. The average Bonchev–Trinajstić information content (AvgIpc) is 3.68. The fourth-order valence-electron chi connectivity index (χ4n) is 7.70. The number of hydrogen-bond donors (Lipinski definition) is 0. The highest BCUT2D eigenvalue weighted by Gasteiger charge is 2.48. The highest BCUT2D eigenvalue weighted by atomic mass is 17.2. The van der Waals surface area contributed by atoms with Gasteiger partial charge in [-0.1, -0.05) is 99.8 Å². The van der Waals surface area contributed by atoms with E-state index in [0.29, 0.717) is 6.61 Å². The Bertz CT molecular complexity index is 1550. The molecule has 4 aromatic carbocycles. The number of fused-ring (bicyclic) bond motifs is 4. The van der Waals surface area contributed by atoms with E-state index in [9.17, 15) is 0 Å². The lowest BCUT2D eigenvalue weighted by molar-refractivity contribution is -0.218. The quantitative estimate of drug-likeness (QED) is 0.0621. The van der Waals surface area contributed by atoms with Crippen molar-refractivity contribution >= 4 is 0 Å². The Morgan fingerprint density at radius 2 is 1.34 bits per heavy atom. The van der Waals surface area contributed by atoms with Crippen LogP contribution in [-0.4, -0.2) is 19.8 Å². The predicted octanol–water partition coefficient (Wildman–Crippen LogP) is 10.3. The standard InChI is InChI=1S/C43H52O4/c1-3-5-6-7-30-45-39-22-20-35(21-23-39)32-46-47-40-15-9-13-37-25-27-43(42(37)40)26-24-36-12-8-14-38(41(36)43)31-34-18-16-33(17-19-34)11-10-29-44-28-4-2/h8-9,12-23H,3-7,10-11,24-32H2,1-2H3. The maximum atomic E-state index is 6.17. The van der Waals surface area contributed by atoms with Crippen LogP contribution in [0, 0.1) is 0 Å². The van der Waals surface area contributed by atoms with Crippen molar-refractivity contribution in [3.8, 4) is 11.5 Å². The normalized spacial score (nSPS) is 16.4. The minimum atomic E-state index is -0.0320. The van der Waals surface area contributed by atoms with Gasteiger partial charge in [0.05, 0.1) is 6.61 Å². The van der Waals surface area contributed by atoms with Gasteiger partial charge in [0, 0.05) is 24.2 Å². The van der Waals surface area contributed by atoms with Crippen molar-refractivity contribution in [2.45, 2.75) is 103 Å². The van der Waals surface area contributed by atoms with Crippen LogP contribution in [-0.2, 0) is 47.3 Å². The average molecular weight is 633 g/mol. The molecule has 0 fully saturated rings. The molecule has 0 bridgehead atoms. The lowest BCUT2D eigenvalue weighted by Crippen LogP contribution is -2.24. The van der Waals surface area contributed by atoms with E-state index in [0.717, 1.165) is 94.7 Å². The van der Waals surface area contributed by atoms with E-state index in [4.69, 9.17) is 19.2 Å². The van der Waals surface area contributed by atoms with Crippen molar-refractivity contribution in [1.29, 1.82) is 0 Å². The van der Waals surface area contributed by atoms with Crippen molar-refractivity contribution in [1.82, 2.24) is 0 Å². The molecule has 0 saturated carbocycles. The fraction of sp³-hybridized carbons (Fsp3) is 0.442. The first-order valence-electron chi connectivity index (χ1n) is 18.1. The Labute approximate surface area is 282 Å². The van der Waals surface area contributed by atoms with Gasteiger partial charge in [0.1, 0.15) is 12.4 Å². The molecule has 2 aliphatic rings. The molecule has 0 saturated heterocycles. The second kappa shape index (κ2) is 16.5. The van der Waals surface area contributed by atoms with Gasteiger partial charge in [-0.3, -0.25) is 0 Å². The monoisotopic (exact) mass is 632 g/mol. The number of unbranched alkanes of at least 4 members (excludes halogenated alkanes) is 3. The van der Waals surface area contributed by atoms with Crippen molar-refractivity contribution in [3.63, 3.8) is 0 Å². The van der Waals surface area contributed by atoms with E-state index < -0.39 is 0 Å². The van der Waals surface area contributed by atoms with Crippen LogP contribution in [0.4, 0.5) is 0 Å². The third kappa shape index (κ3) is 8.11. The molecule has 0 aliphatic heterocycles. The van der Waals surface area contributed by atoms with E-state index in [1.54, 1.807) is 0 Å². The van der Waals surface area contributed by atoms with Gasteiger partial charge in [0.2, 0.25) is 0 Å². The SMILES string of the molecule is CCCCCCOc1ccc(COOc2cccc3c2C2(CCc4cccc(Cc5ccc(CCCOCCC)cc5)c42)CC3)cc1. The predicted molar refractivity (Wildman–Crippen MR) is 190 cm³/mol. The summed E-state index contributed by atoms with van der Waals surface area (Å²) in [4.78, 5) is 12.1. The van der Waals surface area contributed by atoms with E-state index in [-0.39, 0.29) is 5.41 Å². The van der Waals surface area contributed by atoms with Gasteiger partial charge in [-0.25, -0.2) is 0 Å². The highest BCUT2D eigenvalue weighted by molar-refractivity contribution is 5.61. The topological polar surface area (TPSA) is 36.9 Å². The third-order valence-corrected chi connectivity index (χ3v) is 10.0. The summed E-state index contributed by atoms with van der Waals surface area (Å²) in [5.74, 6) is 1.77. The molecule has 0 radical (unpaired) electrons. The van der Waals surface area contributed by atoms with Gasteiger partial charge >= 0.3 is 0 Å². The number of hydrogen-bond acceptors (Lipinski definition) is 4. The van der Waals surface area contributed by atoms with Crippen molar-refractivity contribution in [2.75, 3.05) is 19.8 Å². The molecular weight excluding hydrogens is 580 g/mol. The lowest BCUT2D eigenvalue weighted by atomic mass is 9.74. The number of benzene rings is 4. The van der Waals surface area contributed by atoms with Crippen LogP contribution >= 0.6 is 0 Å². The number of aryl methyl sites for hydroxylation is 3. The minimum Gasteiger partial charge on any atom is -0.494 e. The third-order valence-electron chi connectivity index (χ3n) is 10.0. The Morgan fingerprint density at radius 3 is 2.11 bits per heavy atom. The highest BCUT2D eigenvalue weighted by Crippen LogP contribution is 2.56. The summed E-state index contributed by atoms with van der Waals surface area (Å²) in [5, 5.41) is 0. The Morgan fingerprint density at radius 1 is 0.617 bits per heavy atom. The molecule has 0 heterocycles. The molecule has 2 aliphatic carbocycles. The van der Waals surface area contributed by atoms with Crippen LogP contribution in [0.15, 0.2) is 84.9 Å². The molecule has 6 rings (SSSR count). The Kier molecular flexibility index (Phi) is 11.7. The molecule has 0 N–H and O–H groups in total. The fourth-order valence-corrected chi connectivity index (χ4v) is 7.70. The maximum absolute atomic E-state index is 6.17. The van der Waals surface area contributed by atoms with E-state index in [2.05, 4.69) is 86.6 Å². The van der Waals surface area contributed by atoms with Crippen LogP contribution in [0.5, 0.6) is 11.5 Å². The lowest BCUT2D eigenvalue weighted by Gasteiger charge is -2.30. The molecule has 0 aromatic heterocycles. The van der Waals surface area contributed by atoms with Crippen LogP contribution in [0.3, 0.4) is 0 Å². The summed E-state index contributed by atoms with van der Waals surface area (Å²) in [6.07, 6.45) is 13.4. The molecule has 248 valence electrons. The van der Waals surface area contributed by atoms with Gasteiger partial charge in [0.25, 0.3) is 0 Å². The van der Waals surface area contributed by atoms with Crippen LogP contribution in [0.1, 0.15) is 110 Å². The molecule has 47 heavy (non-hydrogen) atoms. The number of rotatable bonds is 18. The van der Waals surface area contributed by atoms with Crippen molar-refractivity contribution in [2.24, 2.45) is 0 Å². The zero-order valence-electron chi connectivity index (χ0n) is 28.5. The Hall–Kier alpha value is -3.60. The Balaban J connectivity index is 1.12. The van der Waals surface area contributed by atoms with Crippen molar-refractivity contribution in [3.05, 3.63) is 129 Å². The smallest absolute Gasteiger partial charge is 0.169 e. The van der Waals surface area contributed by atoms with E-state index in [1.165, 1.54) is 58.2 Å². The van der Waals surface area contributed by atoms with E-state index in [1.807, 2.05) is 12.1 Å². The molecule has 0 amide bonds. The van der Waals surface area contributed by atoms with Gasteiger partial charge in [-0.2, -0.15) is 4.89 Å². The van der Waals surface area contributed by atoms with Crippen LogP contribution in [0.25, 0.3) is 0 Å². The molecule has 1 atom stereocenters. The van der Waals surface area contributed by atoms with Gasteiger partial charge in [0.15, 0.2) is 5.75 Å². The molecular formula is C43H52O4. The first-order valence-corrected chi connectivity index (χ1v) is 18.1.